The minimum atomic E-state index is -3.83. The molecule has 0 spiro atoms. The summed E-state index contributed by atoms with van der Waals surface area (Å²) in [5, 5.41) is 0. The summed E-state index contributed by atoms with van der Waals surface area (Å²) in [6.07, 6.45) is 1.59. The Kier molecular flexibility index (Phi) is 7.27. The van der Waals surface area contributed by atoms with Crippen LogP contribution in [-0.2, 0) is 16.4 Å². The van der Waals surface area contributed by atoms with E-state index in [1.54, 1.807) is 48.2 Å². The van der Waals surface area contributed by atoms with E-state index in [-0.39, 0.29) is 10.6 Å². The molecule has 33 heavy (non-hydrogen) atoms. The molecule has 0 saturated carbocycles. The standard InChI is InChI=1S/C27H23NO3S2/c29-20-24-19-25(32-18-17-21-7-3-1-4-8-21)13-16-27(24)28-33(30,31)26-14-11-23(12-15-26)22-9-5-2-6-10-22/h1-16,19-20,28H,17-18H2. The van der Waals surface area contributed by atoms with Gasteiger partial charge in [0.25, 0.3) is 10.0 Å². The van der Waals surface area contributed by atoms with Crippen LogP contribution in [-0.4, -0.2) is 20.5 Å². The second kappa shape index (κ2) is 10.5. The molecule has 4 aromatic carbocycles. The van der Waals surface area contributed by atoms with Crippen molar-refractivity contribution < 1.29 is 13.2 Å². The Bertz CT molecular complexity index is 1320. The van der Waals surface area contributed by atoms with Crippen molar-refractivity contribution in [1.29, 1.82) is 0 Å². The average Bonchev–Trinajstić information content (AvgIpc) is 2.86. The van der Waals surface area contributed by atoms with Gasteiger partial charge < -0.3 is 0 Å². The van der Waals surface area contributed by atoms with Gasteiger partial charge in [0.1, 0.15) is 0 Å². The molecule has 0 atom stereocenters. The van der Waals surface area contributed by atoms with Crippen molar-refractivity contribution in [3.8, 4) is 11.1 Å². The molecule has 0 aliphatic carbocycles. The van der Waals surface area contributed by atoms with Crippen LogP contribution >= 0.6 is 11.8 Å². The molecule has 0 amide bonds. The molecule has 6 heteroatoms. The third-order valence-corrected chi connectivity index (χ3v) is 7.55. The van der Waals surface area contributed by atoms with Crippen LogP contribution in [0.4, 0.5) is 5.69 Å². The van der Waals surface area contributed by atoms with Gasteiger partial charge in [-0.1, -0.05) is 72.8 Å². The first-order valence-electron chi connectivity index (χ1n) is 10.5. The molecule has 166 valence electrons. The lowest BCUT2D eigenvalue weighted by atomic mass is 10.1. The maximum absolute atomic E-state index is 12.9. The number of rotatable bonds is 9. The number of nitrogens with one attached hydrogen (secondary N) is 1. The largest absolute Gasteiger partial charge is 0.298 e. The number of carbonyl (C=O) groups is 1. The van der Waals surface area contributed by atoms with Crippen LogP contribution in [0.3, 0.4) is 0 Å². The highest BCUT2D eigenvalue weighted by molar-refractivity contribution is 7.99. The number of hydrogen-bond donors (Lipinski definition) is 1. The molecule has 4 rings (SSSR count). The Morgan fingerprint density at radius 3 is 2.06 bits per heavy atom. The van der Waals surface area contributed by atoms with Crippen LogP contribution in [0.5, 0.6) is 0 Å². The molecule has 0 aliphatic rings. The molecule has 0 aliphatic heterocycles. The lowest BCUT2D eigenvalue weighted by Gasteiger charge is -2.12. The van der Waals surface area contributed by atoms with Gasteiger partial charge in [0.15, 0.2) is 6.29 Å². The molecule has 0 fully saturated rings. The highest BCUT2D eigenvalue weighted by Gasteiger charge is 2.16. The zero-order valence-corrected chi connectivity index (χ0v) is 19.5. The van der Waals surface area contributed by atoms with Gasteiger partial charge in [0.05, 0.1) is 10.6 Å². The minimum Gasteiger partial charge on any atom is -0.298 e. The Hall–Kier alpha value is -3.35. The molecule has 0 radical (unpaired) electrons. The predicted octanol–water partition coefficient (Wildman–Crippen LogP) is 6.30. The first-order chi connectivity index (χ1) is 16.0. The van der Waals surface area contributed by atoms with Crippen LogP contribution < -0.4 is 4.72 Å². The fourth-order valence-electron chi connectivity index (χ4n) is 3.41. The van der Waals surface area contributed by atoms with Crippen molar-refractivity contribution in [3.63, 3.8) is 0 Å². The van der Waals surface area contributed by atoms with Gasteiger partial charge >= 0.3 is 0 Å². The number of aryl methyl sites for hydroxylation is 1. The van der Waals surface area contributed by atoms with Crippen LogP contribution in [0.15, 0.2) is 113 Å². The van der Waals surface area contributed by atoms with E-state index in [9.17, 15) is 13.2 Å². The molecule has 0 heterocycles. The molecule has 4 nitrogen and oxygen atoms in total. The summed E-state index contributed by atoms with van der Waals surface area (Å²) in [4.78, 5) is 12.7. The Morgan fingerprint density at radius 1 is 0.758 bits per heavy atom. The van der Waals surface area contributed by atoms with Crippen molar-refractivity contribution in [2.24, 2.45) is 0 Å². The van der Waals surface area contributed by atoms with E-state index >= 15 is 0 Å². The molecule has 0 bridgehead atoms. The highest BCUT2D eigenvalue weighted by Crippen LogP contribution is 2.27. The number of anilines is 1. The number of carbonyl (C=O) groups excluding carboxylic acids is 1. The number of benzene rings is 4. The SMILES string of the molecule is O=Cc1cc(SCCc2ccccc2)ccc1NS(=O)(=O)c1ccc(-c2ccccc2)cc1. The molecule has 0 saturated heterocycles. The molecule has 4 aromatic rings. The lowest BCUT2D eigenvalue weighted by Crippen LogP contribution is -2.14. The summed E-state index contributed by atoms with van der Waals surface area (Å²) < 4.78 is 28.4. The molecular formula is C27H23NO3S2. The predicted molar refractivity (Wildman–Crippen MR) is 135 cm³/mol. The van der Waals surface area contributed by atoms with Crippen molar-refractivity contribution in [3.05, 3.63) is 114 Å². The van der Waals surface area contributed by atoms with E-state index in [2.05, 4.69) is 16.9 Å². The van der Waals surface area contributed by atoms with E-state index in [0.717, 1.165) is 28.2 Å². The molecule has 1 N–H and O–H groups in total. The summed E-state index contributed by atoms with van der Waals surface area (Å²) in [6, 6.07) is 31.8. The zero-order valence-electron chi connectivity index (χ0n) is 17.8. The van der Waals surface area contributed by atoms with Crippen molar-refractivity contribution >= 4 is 33.8 Å². The molecule has 0 unspecified atom stereocenters. The minimum absolute atomic E-state index is 0.139. The Labute approximate surface area is 198 Å². The quantitative estimate of drug-likeness (QED) is 0.229. The van der Waals surface area contributed by atoms with Crippen LogP contribution in [0.25, 0.3) is 11.1 Å². The molecule has 0 aromatic heterocycles. The van der Waals surface area contributed by atoms with Gasteiger partial charge in [0, 0.05) is 16.2 Å². The van der Waals surface area contributed by atoms with Gasteiger partial charge in [-0.3, -0.25) is 9.52 Å². The third kappa shape index (κ3) is 5.92. The fraction of sp³-hybridized carbons (Fsp3) is 0.0741. The van der Waals surface area contributed by atoms with Gasteiger partial charge in [-0.05, 0) is 53.4 Å². The van der Waals surface area contributed by atoms with Crippen molar-refractivity contribution in [2.45, 2.75) is 16.2 Å². The lowest BCUT2D eigenvalue weighted by molar-refractivity contribution is 0.112. The topological polar surface area (TPSA) is 63.2 Å². The first kappa shape index (κ1) is 22.8. The third-order valence-electron chi connectivity index (χ3n) is 5.17. The van der Waals surface area contributed by atoms with E-state index in [1.807, 2.05) is 54.6 Å². The van der Waals surface area contributed by atoms with Crippen molar-refractivity contribution in [1.82, 2.24) is 0 Å². The summed E-state index contributed by atoms with van der Waals surface area (Å²) in [5.74, 6) is 0.862. The van der Waals surface area contributed by atoms with Crippen LogP contribution in [0, 0.1) is 0 Å². The normalized spacial score (nSPS) is 11.2. The van der Waals surface area contributed by atoms with Crippen LogP contribution in [0.2, 0.25) is 0 Å². The highest BCUT2D eigenvalue weighted by atomic mass is 32.2. The second-order valence-electron chi connectivity index (χ2n) is 7.45. The van der Waals surface area contributed by atoms with E-state index in [0.29, 0.717) is 11.8 Å². The maximum atomic E-state index is 12.9. The molecular weight excluding hydrogens is 450 g/mol. The van der Waals surface area contributed by atoms with Crippen LogP contribution in [0.1, 0.15) is 15.9 Å². The average molecular weight is 474 g/mol. The van der Waals surface area contributed by atoms with Gasteiger partial charge in [-0.15, -0.1) is 11.8 Å². The summed E-state index contributed by atoms with van der Waals surface area (Å²) >= 11 is 1.63. The summed E-state index contributed by atoms with van der Waals surface area (Å²) in [6.45, 7) is 0. The Balaban J connectivity index is 1.45. The van der Waals surface area contributed by atoms with E-state index in [1.165, 1.54) is 5.56 Å². The fourth-order valence-corrected chi connectivity index (χ4v) is 5.45. The van der Waals surface area contributed by atoms with E-state index in [4.69, 9.17) is 0 Å². The van der Waals surface area contributed by atoms with Gasteiger partial charge in [0.2, 0.25) is 0 Å². The summed E-state index contributed by atoms with van der Waals surface area (Å²) in [7, 11) is -3.83. The van der Waals surface area contributed by atoms with Gasteiger partial charge in [-0.25, -0.2) is 8.42 Å². The van der Waals surface area contributed by atoms with Gasteiger partial charge in [-0.2, -0.15) is 0 Å². The zero-order chi connectivity index (χ0) is 23.1. The number of hydrogen-bond acceptors (Lipinski definition) is 4. The smallest absolute Gasteiger partial charge is 0.261 e. The maximum Gasteiger partial charge on any atom is 0.261 e. The second-order valence-corrected chi connectivity index (χ2v) is 10.3. The first-order valence-corrected chi connectivity index (χ1v) is 13.0. The van der Waals surface area contributed by atoms with E-state index < -0.39 is 10.0 Å². The number of thioether (sulfide) groups is 1. The summed E-state index contributed by atoms with van der Waals surface area (Å²) in [5.41, 5.74) is 3.77. The Morgan fingerprint density at radius 2 is 1.39 bits per heavy atom. The van der Waals surface area contributed by atoms with Crippen molar-refractivity contribution in [2.75, 3.05) is 10.5 Å². The number of sulfonamides is 1. The monoisotopic (exact) mass is 473 g/mol. The number of aldehydes is 1.